The number of carbonyl (C=O) groups is 2. The number of carbonyl (C=O) groups excluding carboxylic acids is 2. The number of halogens is 1. The molecule has 0 radical (unpaired) electrons. The number of unbranched alkanes of at least 4 members (excludes halogenated alkanes) is 3. The van der Waals surface area contributed by atoms with Crippen molar-refractivity contribution in [2.24, 2.45) is 11.6 Å². The normalized spacial score (nSPS) is 17.1. The van der Waals surface area contributed by atoms with E-state index >= 15 is 0 Å². The fraction of sp³-hybridized carbons (Fsp3) is 0.436. The number of aromatic amines is 1. The van der Waals surface area contributed by atoms with Gasteiger partial charge in [0, 0.05) is 71.9 Å². The Morgan fingerprint density at radius 1 is 1.00 bits per heavy atom. The lowest BCUT2D eigenvalue weighted by molar-refractivity contribution is -0.123. The summed E-state index contributed by atoms with van der Waals surface area (Å²) in [6.45, 7) is 5.83. The Morgan fingerprint density at radius 3 is 2.46 bits per heavy atom. The molecule has 0 aliphatic carbocycles. The van der Waals surface area contributed by atoms with E-state index in [0.717, 1.165) is 68.1 Å². The Kier molecular flexibility index (Phi) is 11.4. The van der Waals surface area contributed by atoms with Gasteiger partial charge in [0.1, 0.15) is 17.3 Å². The highest BCUT2D eigenvalue weighted by Crippen LogP contribution is 2.50. The van der Waals surface area contributed by atoms with Gasteiger partial charge in [-0.25, -0.2) is 4.39 Å². The molecule has 1 atom stereocenters. The van der Waals surface area contributed by atoms with Crippen LogP contribution in [0.25, 0.3) is 10.9 Å². The number of hydrogen-bond donors (Lipinski definition) is 4. The lowest BCUT2D eigenvalue weighted by Gasteiger charge is -2.50. The zero-order valence-electron chi connectivity index (χ0n) is 28.9. The Balaban J connectivity index is 1.14. The fourth-order valence-electron chi connectivity index (χ4n) is 7.80. The second kappa shape index (κ2) is 16.1. The maximum absolute atomic E-state index is 14.9. The third-order valence-corrected chi connectivity index (χ3v) is 10.4. The molecule has 11 heteroatoms. The monoisotopic (exact) mass is 684 g/mol. The van der Waals surface area contributed by atoms with Gasteiger partial charge >= 0.3 is 0 Å². The predicted octanol–water partition coefficient (Wildman–Crippen LogP) is 5.71. The molecule has 6 N–H and O–H groups in total. The zero-order chi connectivity index (χ0) is 35.1. The molecule has 0 saturated carbocycles. The van der Waals surface area contributed by atoms with Gasteiger partial charge < -0.3 is 30.5 Å². The number of piperidine rings is 1. The summed E-state index contributed by atoms with van der Waals surface area (Å²) in [6.07, 6.45) is 6.41. The van der Waals surface area contributed by atoms with E-state index in [-0.39, 0.29) is 35.7 Å². The first-order valence-corrected chi connectivity index (χ1v) is 17.8. The van der Waals surface area contributed by atoms with Gasteiger partial charge in [0.05, 0.1) is 6.04 Å². The highest BCUT2D eigenvalue weighted by Gasteiger charge is 2.47. The van der Waals surface area contributed by atoms with E-state index < -0.39 is 0 Å². The summed E-state index contributed by atoms with van der Waals surface area (Å²) >= 11 is 0. The number of nitrogens with two attached hydrogens (primary N) is 2. The van der Waals surface area contributed by atoms with Crippen LogP contribution in [0.3, 0.4) is 0 Å². The summed E-state index contributed by atoms with van der Waals surface area (Å²) in [7, 11) is 0. The van der Waals surface area contributed by atoms with Crippen LogP contribution in [0.2, 0.25) is 0 Å². The molecule has 1 unspecified atom stereocenters. The predicted molar refractivity (Wildman–Crippen MR) is 192 cm³/mol. The topological polar surface area (TPSA) is 139 Å². The van der Waals surface area contributed by atoms with E-state index in [0.29, 0.717) is 55.3 Å². The van der Waals surface area contributed by atoms with E-state index in [1.54, 1.807) is 30.3 Å². The Bertz CT molecular complexity index is 1770. The number of nitrogens with zero attached hydrogens (tertiary/aromatic N) is 2. The average Bonchev–Trinajstić information content (AvgIpc) is 3.53. The summed E-state index contributed by atoms with van der Waals surface area (Å²) in [5.74, 6) is 6.22. The molecule has 10 nitrogen and oxygen atoms in total. The third kappa shape index (κ3) is 7.65. The summed E-state index contributed by atoms with van der Waals surface area (Å²) in [5.41, 5.74) is 9.92. The molecule has 50 heavy (non-hydrogen) atoms. The molecule has 1 fully saturated rings. The van der Waals surface area contributed by atoms with E-state index in [2.05, 4.69) is 28.2 Å². The lowest BCUT2D eigenvalue weighted by Crippen LogP contribution is -2.53. The Morgan fingerprint density at radius 2 is 1.74 bits per heavy atom. The van der Waals surface area contributed by atoms with E-state index in [4.69, 9.17) is 21.2 Å². The van der Waals surface area contributed by atoms with E-state index in [1.165, 1.54) is 11.6 Å². The van der Waals surface area contributed by atoms with Gasteiger partial charge in [0.2, 0.25) is 0 Å². The molecule has 0 bridgehead atoms. The van der Waals surface area contributed by atoms with Crippen molar-refractivity contribution in [3.63, 3.8) is 0 Å². The van der Waals surface area contributed by atoms with Crippen LogP contribution in [0.5, 0.6) is 11.5 Å². The minimum absolute atomic E-state index is 0.0341. The number of fused-ring (bicyclic) bond motifs is 4. The van der Waals surface area contributed by atoms with Crippen molar-refractivity contribution in [2.45, 2.75) is 69.9 Å². The lowest BCUT2D eigenvalue weighted by atomic mass is 9.68. The van der Waals surface area contributed by atoms with Crippen molar-refractivity contribution in [2.75, 3.05) is 39.3 Å². The van der Waals surface area contributed by atoms with Crippen molar-refractivity contribution in [1.82, 2.24) is 20.1 Å². The first-order valence-electron chi connectivity index (χ1n) is 17.8. The summed E-state index contributed by atoms with van der Waals surface area (Å²) in [6, 6.07) is 20.0. The number of rotatable bonds is 14. The molecule has 6 rings (SSSR count). The second-order valence-corrected chi connectivity index (χ2v) is 13.6. The van der Waals surface area contributed by atoms with Crippen LogP contribution in [-0.4, -0.2) is 65.9 Å². The van der Waals surface area contributed by atoms with Gasteiger partial charge in [-0.1, -0.05) is 38.0 Å². The molecule has 3 heterocycles. The first-order chi connectivity index (χ1) is 24.4. The molecule has 266 valence electrons. The minimum atomic E-state index is -0.241. The van der Waals surface area contributed by atoms with Gasteiger partial charge in [-0.2, -0.15) is 5.90 Å². The smallest absolute Gasteiger partial charge is 0.257 e. The maximum atomic E-state index is 14.9. The summed E-state index contributed by atoms with van der Waals surface area (Å²) in [4.78, 5) is 39.0. The summed E-state index contributed by atoms with van der Waals surface area (Å²) in [5, 5.41) is 4.02. The van der Waals surface area contributed by atoms with Gasteiger partial charge in [-0.05, 0) is 86.7 Å². The first kappa shape index (κ1) is 35.4. The van der Waals surface area contributed by atoms with E-state index in [9.17, 15) is 14.0 Å². The Labute approximate surface area is 293 Å². The third-order valence-electron chi connectivity index (χ3n) is 10.4. The quantitative estimate of drug-likeness (QED) is 0.0986. The molecule has 3 aromatic carbocycles. The van der Waals surface area contributed by atoms with Crippen molar-refractivity contribution >= 4 is 22.7 Å². The van der Waals surface area contributed by atoms with Crippen LogP contribution in [0.4, 0.5) is 4.39 Å². The maximum Gasteiger partial charge on any atom is 0.257 e. The van der Waals surface area contributed by atoms with Gasteiger partial charge in [-0.15, -0.1) is 0 Å². The average molecular weight is 685 g/mol. The number of benzene rings is 3. The molecule has 4 aromatic rings. The van der Waals surface area contributed by atoms with Crippen LogP contribution >= 0.6 is 0 Å². The molecule has 1 saturated heterocycles. The largest absolute Gasteiger partial charge is 0.484 e. The van der Waals surface area contributed by atoms with Gasteiger partial charge in [0.25, 0.3) is 11.8 Å². The van der Waals surface area contributed by atoms with Crippen molar-refractivity contribution in [3.8, 4) is 11.5 Å². The molecule has 2 aliphatic heterocycles. The van der Waals surface area contributed by atoms with Crippen molar-refractivity contribution in [3.05, 3.63) is 94.9 Å². The Hall–Kier alpha value is -4.45. The second-order valence-electron chi connectivity index (χ2n) is 13.6. The molecule has 1 spiro atoms. The molecule has 2 aliphatic rings. The van der Waals surface area contributed by atoms with Crippen LogP contribution in [0.1, 0.15) is 85.1 Å². The fourth-order valence-corrected chi connectivity index (χ4v) is 7.80. The molecule has 2 amide bonds. The van der Waals surface area contributed by atoms with Crippen molar-refractivity contribution < 1.29 is 23.6 Å². The number of amides is 2. The standard InChI is InChI=1S/C39H49FN6O4/c1-2-34-37-36(31-16-15-30(50-42)23-33(31)44-37)39(26-46(34)24-28-9-5-6-10-32(28)40)17-21-45(22-18-39)38(48)27-11-13-29(14-12-27)49-25-35(47)43-20-8-4-3-7-19-41/h5-6,9-16,23,34,44H,2-4,7-8,17-22,24-26,41-42H2,1H3,(H,43,47). The highest BCUT2D eigenvalue weighted by atomic mass is 19.1. The van der Waals surface area contributed by atoms with E-state index in [1.807, 2.05) is 29.2 Å². The number of likely N-dealkylation sites (tertiary alicyclic amines) is 1. The molecule has 1 aromatic heterocycles. The number of aromatic nitrogens is 1. The molecular formula is C39H49FN6O4. The summed E-state index contributed by atoms with van der Waals surface area (Å²) < 4.78 is 20.6. The number of hydrogen-bond acceptors (Lipinski definition) is 7. The number of H-pyrrole nitrogens is 1. The highest BCUT2D eigenvalue weighted by molar-refractivity contribution is 5.94. The minimum Gasteiger partial charge on any atom is -0.484 e. The van der Waals surface area contributed by atoms with Crippen LogP contribution < -0.4 is 26.5 Å². The van der Waals surface area contributed by atoms with Crippen molar-refractivity contribution in [1.29, 1.82) is 0 Å². The van der Waals surface area contributed by atoms with Crippen LogP contribution in [0.15, 0.2) is 66.7 Å². The number of ether oxygens (including phenoxy) is 1. The zero-order valence-corrected chi connectivity index (χ0v) is 28.9. The SMILES string of the molecule is CCC1c2[nH]c3cc(ON)ccc3c2C2(CCN(C(=O)c3ccc(OCC(=O)NCCCCCCN)cc3)CC2)CN1Cc1ccccc1F. The van der Waals surface area contributed by atoms with Gasteiger partial charge in [-0.3, -0.25) is 14.5 Å². The van der Waals surface area contributed by atoms with Crippen LogP contribution in [-0.2, 0) is 16.8 Å². The van der Waals surface area contributed by atoms with Crippen LogP contribution in [0, 0.1) is 5.82 Å². The van der Waals surface area contributed by atoms with Gasteiger partial charge in [0.15, 0.2) is 6.61 Å². The number of nitrogens with one attached hydrogen (secondary N) is 2. The molecular weight excluding hydrogens is 635 g/mol.